The highest BCUT2D eigenvalue weighted by molar-refractivity contribution is 9.10. The fourth-order valence-electron chi connectivity index (χ4n) is 0.477. The van der Waals surface area contributed by atoms with Crippen molar-refractivity contribution in [3.8, 4) is 0 Å². The van der Waals surface area contributed by atoms with Crippen LogP contribution in [0, 0.1) is 6.92 Å². The number of nitrogens with one attached hydrogen (secondary N) is 1. The Hall–Kier alpha value is 0.0500. The van der Waals surface area contributed by atoms with Crippen molar-refractivity contribution in [1.82, 2.24) is 4.98 Å². The molecule has 1 aromatic heterocycles. The van der Waals surface area contributed by atoms with Gasteiger partial charge in [0.15, 0.2) is 0 Å². The minimum Gasteiger partial charge on any atom is -0.363 e. The van der Waals surface area contributed by atoms with Crippen LogP contribution in [0.5, 0.6) is 0 Å². The van der Waals surface area contributed by atoms with E-state index in [1.54, 1.807) is 0 Å². The number of aryl methyl sites for hydroxylation is 1. The first-order valence-corrected chi connectivity index (χ1v) is 3.38. The van der Waals surface area contributed by atoms with E-state index in [-0.39, 0.29) is 0 Å². The number of rotatable bonds is 0. The van der Waals surface area contributed by atoms with E-state index in [0.717, 1.165) is 15.2 Å². The first-order chi connectivity index (χ1) is 3.72. The number of hydrogen-bond acceptors (Lipinski definition) is 0. The molecule has 3 heteroatoms. The number of aromatic nitrogens is 1. The second kappa shape index (κ2) is 2.11. The number of H-pyrrole nitrogens is 1. The summed E-state index contributed by atoms with van der Waals surface area (Å²) in [6.45, 7) is 1.92. The van der Waals surface area contributed by atoms with Crippen LogP contribution in [0.2, 0.25) is 5.02 Å². The van der Waals surface area contributed by atoms with Gasteiger partial charge in [-0.1, -0.05) is 11.6 Å². The third kappa shape index (κ3) is 0.906. The molecule has 44 valence electrons. The smallest absolute Gasteiger partial charge is 0.0752 e. The van der Waals surface area contributed by atoms with E-state index in [9.17, 15) is 0 Å². The summed E-state index contributed by atoms with van der Waals surface area (Å²) in [7, 11) is 0. The zero-order chi connectivity index (χ0) is 6.15. The average Bonchev–Trinajstić information content (AvgIpc) is 1.98. The largest absolute Gasteiger partial charge is 0.363 e. The van der Waals surface area contributed by atoms with Crippen molar-refractivity contribution < 1.29 is 0 Å². The van der Waals surface area contributed by atoms with Crippen molar-refractivity contribution in [2.45, 2.75) is 6.92 Å². The molecule has 1 aromatic rings. The van der Waals surface area contributed by atoms with Crippen molar-refractivity contribution in [3.63, 3.8) is 0 Å². The highest BCUT2D eigenvalue weighted by Gasteiger charge is 1.99. The lowest BCUT2D eigenvalue weighted by molar-refractivity contribution is 1.27. The molecule has 8 heavy (non-hydrogen) atoms. The van der Waals surface area contributed by atoms with Crippen LogP contribution < -0.4 is 0 Å². The maximum Gasteiger partial charge on any atom is 0.0752 e. The SMILES string of the molecule is Cc1[nH]cc(Br)c1Cl. The zero-order valence-electron chi connectivity index (χ0n) is 4.33. The minimum absolute atomic E-state index is 0.769. The molecule has 0 aliphatic rings. The lowest BCUT2D eigenvalue weighted by atomic mass is 10.5. The second-order valence-electron chi connectivity index (χ2n) is 1.58. The molecule has 1 heterocycles. The quantitative estimate of drug-likeness (QED) is 0.654. The molecule has 0 aliphatic heterocycles. The van der Waals surface area contributed by atoms with Crippen molar-refractivity contribution in [2.24, 2.45) is 0 Å². The van der Waals surface area contributed by atoms with Gasteiger partial charge in [-0.05, 0) is 22.9 Å². The highest BCUT2D eigenvalue weighted by atomic mass is 79.9. The third-order valence-electron chi connectivity index (χ3n) is 0.954. The van der Waals surface area contributed by atoms with Crippen LogP contribution in [-0.4, -0.2) is 4.98 Å². The van der Waals surface area contributed by atoms with Gasteiger partial charge in [0.1, 0.15) is 0 Å². The molecule has 1 nitrogen and oxygen atoms in total. The Bertz CT molecular complexity index is 175. The van der Waals surface area contributed by atoms with Crippen LogP contribution in [0.3, 0.4) is 0 Å². The van der Waals surface area contributed by atoms with Crippen molar-refractivity contribution in [3.05, 3.63) is 21.4 Å². The Balaban J connectivity index is 3.19. The van der Waals surface area contributed by atoms with Gasteiger partial charge in [0.25, 0.3) is 0 Å². The normalized spacial score (nSPS) is 9.88. The molecule has 0 saturated heterocycles. The first kappa shape index (κ1) is 6.17. The fraction of sp³-hybridized carbons (Fsp3) is 0.200. The summed E-state index contributed by atoms with van der Waals surface area (Å²) < 4.78 is 0.927. The van der Waals surface area contributed by atoms with E-state index in [4.69, 9.17) is 11.6 Å². The van der Waals surface area contributed by atoms with E-state index >= 15 is 0 Å². The summed E-state index contributed by atoms with van der Waals surface area (Å²) in [5.74, 6) is 0. The first-order valence-electron chi connectivity index (χ1n) is 2.21. The zero-order valence-corrected chi connectivity index (χ0v) is 6.68. The topological polar surface area (TPSA) is 15.8 Å². The van der Waals surface area contributed by atoms with Gasteiger partial charge in [-0.3, -0.25) is 0 Å². The molecule has 0 saturated carbocycles. The highest BCUT2D eigenvalue weighted by Crippen LogP contribution is 2.24. The van der Waals surface area contributed by atoms with Gasteiger partial charge in [-0.15, -0.1) is 0 Å². The van der Waals surface area contributed by atoms with Crippen LogP contribution in [-0.2, 0) is 0 Å². The van der Waals surface area contributed by atoms with Crippen LogP contribution in [0.4, 0.5) is 0 Å². The summed E-state index contributed by atoms with van der Waals surface area (Å²) in [5.41, 5.74) is 0.999. The second-order valence-corrected chi connectivity index (χ2v) is 2.81. The molecular weight excluding hydrogens is 189 g/mol. The molecule has 1 rings (SSSR count). The molecule has 0 amide bonds. The summed E-state index contributed by atoms with van der Waals surface area (Å²) in [4.78, 5) is 2.96. The summed E-state index contributed by atoms with van der Waals surface area (Å²) in [6.07, 6.45) is 1.82. The summed E-state index contributed by atoms with van der Waals surface area (Å²) in [6, 6.07) is 0. The van der Waals surface area contributed by atoms with Crippen LogP contribution in [0.15, 0.2) is 10.7 Å². The van der Waals surface area contributed by atoms with Crippen LogP contribution >= 0.6 is 27.5 Å². The molecule has 0 unspecified atom stereocenters. The standard InChI is InChI=1S/C5H5BrClN/c1-3-5(7)4(6)2-8-3/h2,8H,1H3. The maximum atomic E-state index is 5.72. The van der Waals surface area contributed by atoms with E-state index < -0.39 is 0 Å². The third-order valence-corrected chi connectivity index (χ3v) is 2.30. The Labute approximate surface area is 61.2 Å². The van der Waals surface area contributed by atoms with Crippen molar-refractivity contribution >= 4 is 27.5 Å². The molecule has 0 bridgehead atoms. The maximum absolute atomic E-state index is 5.72. The molecule has 0 radical (unpaired) electrons. The molecule has 0 fully saturated rings. The number of aromatic amines is 1. The predicted molar refractivity (Wildman–Crippen MR) is 38.2 cm³/mol. The summed E-state index contributed by atoms with van der Waals surface area (Å²) in [5, 5.41) is 0.769. The van der Waals surface area contributed by atoms with Gasteiger partial charge >= 0.3 is 0 Å². The van der Waals surface area contributed by atoms with Gasteiger partial charge < -0.3 is 4.98 Å². The Kier molecular flexibility index (Phi) is 1.63. The minimum atomic E-state index is 0.769. The predicted octanol–water partition coefficient (Wildman–Crippen LogP) is 2.74. The van der Waals surface area contributed by atoms with Gasteiger partial charge in [-0.2, -0.15) is 0 Å². The Morgan fingerprint density at radius 3 is 2.50 bits per heavy atom. The monoisotopic (exact) mass is 193 g/mol. The van der Waals surface area contributed by atoms with Gasteiger partial charge in [0.05, 0.1) is 9.50 Å². The Morgan fingerprint density at radius 1 is 1.75 bits per heavy atom. The van der Waals surface area contributed by atoms with E-state index in [1.165, 1.54) is 0 Å². The molecule has 0 aliphatic carbocycles. The van der Waals surface area contributed by atoms with Crippen LogP contribution in [0.25, 0.3) is 0 Å². The van der Waals surface area contributed by atoms with E-state index in [2.05, 4.69) is 20.9 Å². The molecule has 0 aromatic carbocycles. The van der Waals surface area contributed by atoms with Gasteiger partial charge in [0, 0.05) is 11.9 Å². The molecule has 1 N–H and O–H groups in total. The Morgan fingerprint density at radius 2 is 2.38 bits per heavy atom. The molecule has 0 atom stereocenters. The number of halogens is 2. The van der Waals surface area contributed by atoms with Crippen LogP contribution in [0.1, 0.15) is 5.69 Å². The van der Waals surface area contributed by atoms with E-state index in [1.807, 2.05) is 13.1 Å². The fourth-order valence-corrected chi connectivity index (χ4v) is 0.998. The number of hydrogen-bond donors (Lipinski definition) is 1. The lowest BCUT2D eigenvalue weighted by Gasteiger charge is -1.82. The van der Waals surface area contributed by atoms with Gasteiger partial charge in [-0.25, -0.2) is 0 Å². The van der Waals surface area contributed by atoms with Gasteiger partial charge in [0.2, 0.25) is 0 Å². The van der Waals surface area contributed by atoms with Crippen molar-refractivity contribution in [2.75, 3.05) is 0 Å². The van der Waals surface area contributed by atoms with Crippen molar-refractivity contribution in [1.29, 1.82) is 0 Å². The van der Waals surface area contributed by atoms with E-state index in [0.29, 0.717) is 0 Å². The summed E-state index contributed by atoms with van der Waals surface area (Å²) >= 11 is 8.97. The molecular formula is C5H5BrClN. The lowest BCUT2D eigenvalue weighted by Crippen LogP contribution is -1.64. The molecule has 0 spiro atoms. The average molecular weight is 194 g/mol.